The molecule has 0 rings (SSSR count). The summed E-state index contributed by atoms with van der Waals surface area (Å²) in [6.07, 6.45) is 0. The van der Waals surface area contributed by atoms with Crippen molar-refractivity contribution in [3.05, 3.63) is 0 Å². The first-order valence-corrected chi connectivity index (χ1v) is 0. The van der Waals surface area contributed by atoms with Gasteiger partial charge in [-0.05, 0) is 0 Å². The maximum Gasteiger partial charge on any atom is 4.00 e. The van der Waals surface area contributed by atoms with Crippen molar-refractivity contribution >= 4 is 23.9 Å². The summed E-state index contributed by atoms with van der Waals surface area (Å²) < 4.78 is 0. The molecule has 0 heterocycles. The van der Waals surface area contributed by atoms with E-state index in [2.05, 4.69) is 0 Å². The van der Waals surface area contributed by atoms with Crippen LogP contribution >= 0.6 is 0 Å². The van der Waals surface area contributed by atoms with Crippen molar-refractivity contribution in [1.82, 2.24) is 0 Å². The minimum atomic E-state index is 0. The summed E-state index contributed by atoms with van der Waals surface area (Å²) >= 11 is 0. The maximum atomic E-state index is 0. The van der Waals surface area contributed by atoms with Crippen molar-refractivity contribution in [2.45, 2.75) is 0 Å². The van der Waals surface area contributed by atoms with Gasteiger partial charge in [0.05, 0.1) is 0 Å². The Morgan fingerprint density at radius 3 is 0.429 bits per heavy atom. The van der Waals surface area contributed by atoms with Gasteiger partial charge in [0.25, 0.3) is 0 Å². The van der Waals surface area contributed by atoms with Gasteiger partial charge in [-0.1, -0.05) is 0 Å². The van der Waals surface area contributed by atoms with Gasteiger partial charge >= 0.3 is 92.8 Å². The van der Waals surface area contributed by atoms with Gasteiger partial charge in [-0.3, -0.25) is 0 Å². The van der Waals surface area contributed by atoms with Crippen LogP contribution in [-0.2, 0) is 0 Å². The van der Waals surface area contributed by atoms with Crippen molar-refractivity contribution in [2.24, 2.45) is 0 Å². The SMILES string of the molecule is [Cs+].[I-].[I-].[I-].[I-].[I-].[Sn+4]. The molecule has 0 unspecified atom stereocenters. The van der Waals surface area contributed by atoms with Crippen LogP contribution in [0.5, 0.6) is 0 Å². The van der Waals surface area contributed by atoms with Crippen LogP contribution in [0.2, 0.25) is 0 Å². The molecule has 0 fully saturated rings. The predicted octanol–water partition coefficient (Wildman–Crippen LogP) is -18.4. The molecule has 0 amide bonds. The van der Waals surface area contributed by atoms with Gasteiger partial charge in [0.1, 0.15) is 0 Å². The fraction of sp³-hybridized carbons (Fsp3) is 0. The molecule has 40 valence electrons. The van der Waals surface area contributed by atoms with Crippen LogP contribution in [0.15, 0.2) is 0 Å². The first-order valence-electron chi connectivity index (χ1n) is 0. The number of rotatable bonds is 0. The third-order valence-electron chi connectivity index (χ3n) is 0. The van der Waals surface area contributed by atoms with Crippen LogP contribution in [0.25, 0.3) is 0 Å². The third-order valence-corrected chi connectivity index (χ3v) is 0. The molecular weight excluding hydrogens is 886 g/mol. The van der Waals surface area contributed by atoms with Gasteiger partial charge in [-0.15, -0.1) is 0 Å². The Labute approximate surface area is 205 Å². The Morgan fingerprint density at radius 2 is 0.429 bits per heavy atom. The Hall–Kier alpha value is 6.50. The fourth-order valence-corrected chi connectivity index (χ4v) is 0. The molecule has 0 saturated heterocycles. The van der Waals surface area contributed by atoms with Gasteiger partial charge in [0.2, 0.25) is 0 Å². The van der Waals surface area contributed by atoms with Crippen molar-refractivity contribution in [2.75, 3.05) is 0 Å². The van der Waals surface area contributed by atoms with Crippen LogP contribution in [-0.4, -0.2) is 23.9 Å². The van der Waals surface area contributed by atoms with Crippen molar-refractivity contribution in [3.63, 3.8) is 0 Å². The smallest absolute Gasteiger partial charge is 1.00 e. The van der Waals surface area contributed by atoms with Crippen LogP contribution in [0.3, 0.4) is 0 Å². The Morgan fingerprint density at radius 1 is 0.429 bits per heavy atom. The van der Waals surface area contributed by atoms with E-state index in [9.17, 15) is 0 Å². The zero-order chi connectivity index (χ0) is 0. The van der Waals surface area contributed by atoms with Crippen molar-refractivity contribution < 1.29 is 189 Å². The summed E-state index contributed by atoms with van der Waals surface area (Å²) in [6, 6.07) is 0. The molecule has 0 bridgehead atoms. The normalized spacial score (nSPS) is 0. The average Bonchev–Trinajstić information content (AvgIpc) is 0. The Bertz CT molecular complexity index is 8.04. The molecule has 0 aliphatic heterocycles. The molecule has 0 aliphatic carbocycles. The predicted molar refractivity (Wildman–Crippen MR) is 5.75 cm³/mol. The molecular formula is CsI5Sn. The second-order valence-electron chi connectivity index (χ2n) is 0. The minimum Gasteiger partial charge on any atom is -1.00 e. The summed E-state index contributed by atoms with van der Waals surface area (Å²) in [5.41, 5.74) is 0. The van der Waals surface area contributed by atoms with Gasteiger partial charge in [0, 0.05) is 0 Å². The molecule has 0 atom stereocenters. The molecule has 0 N–H and O–H groups in total. The summed E-state index contributed by atoms with van der Waals surface area (Å²) in [4.78, 5) is 0. The standard InChI is InChI=1S/Cs.5HI.Sn/h;5*1H;/q+1;;;;;;+4/p-5. The van der Waals surface area contributed by atoms with E-state index in [1.54, 1.807) is 0 Å². The van der Waals surface area contributed by atoms with E-state index < -0.39 is 0 Å². The van der Waals surface area contributed by atoms with Crippen LogP contribution < -0.4 is 189 Å². The van der Waals surface area contributed by atoms with Crippen LogP contribution in [0, 0.1) is 0 Å². The van der Waals surface area contributed by atoms with E-state index in [0.29, 0.717) is 0 Å². The molecule has 7 heavy (non-hydrogen) atoms. The fourth-order valence-electron chi connectivity index (χ4n) is 0. The molecule has 7 heteroatoms. The summed E-state index contributed by atoms with van der Waals surface area (Å²) in [6.45, 7) is 0. The third kappa shape index (κ3) is 32.6. The number of hydrogen-bond donors (Lipinski definition) is 0. The number of halogens is 5. The molecule has 0 aliphatic rings. The summed E-state index contributed by atoms with van der Waals surface area (Å²) in [5.74, 6) is 0. The molecule has 0 nitrogen and oxygen atoms in total. The van der Waals surface area contributed by atoms with E-state index in [-0.39, 0.29) is 213 Å². The van der Waals surface area contributed by atoms with Crippen molar-refractivity contribution in [1.29, 1.82) is 0 Å². The van der Waals surface area contributed by atoms with E-state index in [1.165, 1.54) is 0 Å². The monoisotopic (exact) mass is 887 g/mol. The molecule has 0 aromatic heterocycles. The Kier molecular flexibility index (Phi) is 279. The first-order chi connectivity index (χ1) is 0. The van der Waals surface area contributed by atoms with Gasteiger partial charge in [-0.2, -0.15) is 0 Å². The van der Waals surface area contributed by atoms with E-state index >= 15 is 0 Å². The molecule has 0 spiro atoms. The van der Waals surface area contributed by atoms with E-state index in [1.807, 2.05) is 0 Å². The van der Waals surface area contributed by atoms with E-state index in [4.69, 9.17) is 0 Å². The van der Waals surface area contributed by atoms with Gasteiger partial charge < -0.3 is 120 Å². The molecule has 0 radical (unpaired) electrons. The van der Waals surface area contributed by atoms with Crippen LogP contribution in [0.4, 0.5) is 0 Å². The first kappa shape index (κ1) is 49.9. The van der Waals surface area contributed by atoms with Crippen LogP contribution in [0.1, 0.15) is 0 Å². The molecule has 0 saturated carbocycles. The second kappa shape index (κ2) is 39.1. The molecule has 0 aromatic rings. The summed E-state index contributed by atoms with van der Waals surface area (Å²) in [5, 5.41) is 0. The van der Waals surface area contributed by atoms with Gasteiger partial charge in [0.15, 0.2) is 0 Å². The van der Waals surface area contributed by atoms with E-state index in [0.717, 1.165) is 0 Å². The number of hydrogen-bond acceptors (Lipinski definition) is 0. The Balaban J connectivity index is 0. The zero-order valence-corrected chi connectivity index (χ0v) is 23.3. The minimum absolute atomic E-state index is 0. The quantitative estimate of drug-likeness (QED) is 0.168. The largest absolute Gasteiger partial charge is 4.00 e. The molecule has 0 aromatic carbocycles. The van der Waals surface area contributed by atoms with Crippen molar-refractivity contribution in [3.8, 4) is 0 Å². The summed E-state index contributed by atoms with van der Waals surface area (Å²) in [7, 11) is 0. The van der Waals surface area contributed by atoms with Gasteiger partial charge in [-0.25, -0.2) is 0 Å². The zero-order valence-electron chi connectivity index (χ0n) is 3.39. The maximum absolute atomic E-state index is 0. The average molecular weight is 886 g/mol. The topological polar surface area (TPSA) is 0 Å². The second-order valence-corrected chi connectivity index (χ2v) is 0.